The molecule has 0 unspecified atom stereocenters. The van der Waals surface area contributed by atoms with E-state index < -0.39 is 0 Å². The summed E-state index contributed by atoms with van der Waals surface area (Å²) in [6.45, 7) is 0.485. The first-order valence-electron chi connectivity index (χ1n) is 5.04. The van der Waals surface area contributed by atoms with Crippen molar-refractivity contribution in [3.8, 4) is 0 Å². The van der Waals surface area contributed by atoms with E-state index in [-0.39, 0.29) is 5.91 Å². The molecule has 1 aromatic carbocycles. The van der Waals surface area contributed by atoms with Gasteiger partial charge in [-0.3, -0.25) is 4.79 Å². The summed E-state index contributed by atoms with van der Waals surface area (Å²) in [5, 5.41) is 2.86. The average molecular weight is 410 g/mol. The Morgan fingerprint density at radius 1 is 1.28 bits per heavy atom. The summed E-state index contributed by atoms with van der Waals surface area (Å²) in [6, 6.07) is 9.18. The number of hydrogen-bond acceptors (Lipinski definition) is 2. The molecular formula is C12H8Br2ClNOS. The van der Waals surface area contributed by atoms with Crippen LogP contribution in [-0.2, 0) is 6.54 Å². The third-order valence-corrected chi connectivity index (χ3v) is 4.61. The van der Waals surface area contributed by atoms with Crippen molar-refractivity contribution in [2.45, 2.75) is 6.54 Å². The summed E-state index contributed by atoms with van der Waals surface area (Å²) in [4.78, 5) is 13.0. The monoisotopic (exact) mass is 407 g/mol. The van der Waals surface area contributed by atoms with E-state index in [1.54, 1.807) is 6.07 Å². The quantitative estimate of drug-likeness (QED) is 0.771. The maximum Gasteiger partial charge on any atom is 0.252 e. The minimum Gasteiger partial charge on any atom is -0.347 e. The highest BCUT2D eigenvalue weighted by molar-refractivity contribution is 9.11. The third kappa shape index (κ3) is 3.57. The first-order valence-corrected chi connectivity index (χ1v) is 7.82. The lowest BCUT2D eigenvalue weighted by molar-refractivity contribution is 0.0950. The van der Waals surface area contributed by atoms with Crippen LogP contribution in [0.3, 0.4) is 0 Å². The first-order chi connectivity index (χ1) is 8.56. The summed E-state index contributed by atoms with van der Waals surface area (Å²) < 4.78 is 2.42. The molecule has 1 amide bonds. The molecule has 2 rings (SSSR count). The largest absolute Gasteiger partial charge is 0.347 e. The van der Waals surface area contributed by atoms with Gasteiger partial charge in [-0.05, 0) is 46.3 Å². The van der Waals surface area contributed by atoms with E-state index in [1.807, 2.05) is 24.3 Å². The normalized spacial score (nSPS) is 10.4. The van der Waals surface area contributed by atoms with Gasteiger partial charge in [0.25, 0.3) is 5.91 Å². The molecule has 0 bridgehead atoms. The first kappa shape index (κ1) is 14.1. The summed E-state index contributed by atoms with van der Waals surface area (Å²) in [5.41, 5.74) is 0.612. The number of thiophene rings is 1. The molecule has 0 aliphatic rings. The number of benzene rings is 1. The summed E-state index contributed by atoms with van der Waals surface area (Å²) in [6.07, 6.45) is 0. The van der Waals surface area contributed by atoms with E-state index in [0.29, 0.717) is 12.1 Å². The molecule has 0 saturated carbocycles. The SMILES string of the molecule is O=C(NCc1ccc(Cl)s1)c1ccc(Br)cc1Br. The Morgan fingerprint density at radius 3 is 2.67 bits per heavy atom. The van der Waals surface area contributed by atoms with Crippen LogP contribution in [-0.4, -0.2) is 5.91 Å². The second-order valence-corrected chi connectivity index (χ2v) is 7.08. The highest BCUT2D eigenvalue weighted by atomic mass is 79.9. The Hall–Kier alpha value is -0.360. The van der Waals surface area contributed by atoms with Crippen molar-refractivity contribution in [1.29, 1.82) is 0 Å². The maximum absolute atomic E-state index is 12.0. The Morgan fingerprint density at radius 2 is 2.06 bits per heavy atom. The van der Waals surface area contributed by atoms with E-state index in [9.17, 15) is 4.79 Å². The van der Waals surface area contributed by atoms with Gasteiger partial charge in [0, 0.05) is 13.8 Å². The predicted molar refractivity (Wildman–Crippen MR) is 82.3 cm³/mol. The van der Waals surface area contributed by atoms with E-state index in [4.69, 9.17) is 11.6 Å². The van der Waals surface area contributed by atoms with Crippen LogP contribution in [0.15, 0.2) is 39.3 Å². The zero-order chi connectivity index (χ0) is 13.1. The number of hydrogen-bond donors (Lipinski definition) is 1. The molecule has 0 radical (unpaired) electrons. The number of carbonyl (C=O) groups excluding carboxylic acids is 1. The third-order valence-electron chi connectivity index (χ3n) is 2.23. The van der Waals surface area contributed by atoms with Crippen LogP contribution < -0.4 is 5.32 Å². The number of halogens is 3. The minimum atomic E-state index is -0.112. The van der Waals surface area contributed by atoms with Gasteiger partial charge in [-0.1, -0.05) is 27.5 Å². The topological polar surface area (TPSA) is 29.1 Å². The van der Waals surface area contributed by atoms with Gasteiger partial charge >= 0.3 is 0 Å². The van der Waals surface area contributed by atoms with E-state index in [0.717, 1.165) is 18.2 Å². The van der Waals surface area contributed by atoms with Gasteiger partial charge in [0.15, 0.2) is 0 Å². The molecular weight excluding hydrogens is 401 g/mol. The molecule has 1 N–H and O–H groups in total. The summed E-state index contributed by atoms with van der Waals surface area (Å²) >= 11 is 14.0. The molecule has 1 heterocycles. The molecule has 0 saturated heterocycles. The zero-order valence-corrected chi connectivity index (χ0v) is 13.8. The molecule has 0 atom stereocenters. The second kappa shape index (κ2) is 6.19. The Kier molecular flexibility index (Phi) is 4.84. The van der Waals surface area contributed by atoms with Crippen molar-refractivity contribution >= 4 is 60.7 Å². The highest BCUT2D eigenvalue weighted by Crippen LogP contribution is 2.23. The molecule has 6 heteroatoms. The smallest absolute Gasteiger partial charge is 0.252 e. The Labute approximate surface area is 131 Å². The van der Waals surface area contributed by atoms with Crippen LogP contribution >= 0.6 is 54.8 Å². The van der Waals surface area contributed by atoms with E-state index in [1.165, 1.54) is 11.3 Å². The van der Waals surface area contributed by atoms with Crippen molar-refractivity contribution < 1.29 is 4.79 Å². The van der Waals surface area contributed by atoms with Crippen molar-refractivity contribution in [2.75, 3.05) is 0 Å². The van der Waals surface area contributed by atoms with Gasteiger partial charge in [0.1, 0.15) is 0 Å². The Bertz CT molecular complexity index is 585. The second-order valence-electron chi connectivity index (χ2n) is 3.51. The molecule has 2 nitrogen and oxygen atoms in total. The number of carbonyl (C=O) groups is 1. The molecule has 0 fully saturated rings. The van der Waals surface area contributed by atoms with Gasteiger partial charge in [0.2, 0.25) is 0 Å². The van der Waals surface area contributed by atoms with Crippen molar-refractivity contribution in [1.82, 2.24) is 5.32 Å². The van der Waals surface area contributed by atoms with E-state index in [2.05, 4.69) is 37.2 Å². The molecule has 94 valence electrons. The van der Waals surface area contributed by atoms with Gasteiger partial charge in [-0.15, -0.1) is 11.3 Å². The number of rotatable bonds is 3. The lowest BCUT2D eigenvalue weighted by Gasteiger charge is -2.06. The van der Waals surface area contributed by atoms with Crippen LogP contribution in [0.25, 0.3) is 0 Å². The number of nitrogens with one attached hydrogen (secondary N) is 1. The minimum absolute atomic E-state index is 0.112. The summed E-state index contributed by atoms with van der Waals surface area (Å²) in [7, 11) is 0. The maximum atomic E-state index is 12.0. The van der Waals surface area contributed by atoms with Crippen LogP contribution in [0.4, 0.5) is 0 Å². The fraction of sp³-hybridized carbons (Fsp3) is 0.0833. The predicted octanol–water partition coefficient (Wildman–Crippen LogP) is 4.86. The number of amides is 1. The molecule has 0 aliphatic carbocycles. The van der Waals surface area contributed by atoms with Gasteiger partial charge in [-0.2, -0.15) is 0 Å². The average Bonchev–Trinajstić information content (AvgIpc) is 2.72. The van der Waals surface area contributed by atoms with Gasteiger partial charge in [-0.25, -0.2) is 0 Å². The Balaban J connectivity index is 2.03. The van der Waals surface area contributed by atoms with Crippen molar-refractivity contribution in [3.63, 3.8) is 0 Å². The molecule has 0 spiro atoms. The van der Waals surface area contributed by atoms with Crippen LogP contribution in [0.5, 0.6) is 0 Å². The van der Waals surface area contributed by atoms with Gasteiger partial charge < -0.3 is 5.32 Å². The van der Waals surface area contributed by atoms with E-state index >= 15 is 0 Å². The summed E-state index contributed by atoms with van der Waals surface area (Å²) in [5.74, 6) is -0.112. The zero-order valence-electron chi connectivity index (χ0n) is 9.04. The van der Waals surface area contributed by atoms with Crippen LogP contribution in [0.2, 0.25) is 4.34 Å². The molecule has 18 heavy (non-hydrogen) atoms. The fourth-order valence-electron chi connectivity index (χ4n) is 1.38. The van der Waals surface area contributed by atoms with Gasteiger partial charge in [0.05, 0.1) is 16.4 Å². The van der Waals surface area contributed by atoms with Crippen molar-refractivity contribution in [3.05, 3.63) is 54.1 Å². The fourth-order valence-corrected chi connectivity index (χ4v) is 3.64. The molecule has 1 aromatic heterocycles. The lowest BCUT2D eigenvalue weighted by Crippen LogP contribution is -2.22. The highest BCUT2D eigenvalue weighted by Gasteiger charge is 2.10. The molecule has 2 aromatic rings. The van der Waals surface area contributed by atoms with Crippen LogP contribution in [0, 0.1) is 0 Å². The molecule has 0 aliphatic heterocycles. The van der Waals surface area contributed by atoms with Crippen LogP contribution in [0.1, 0.15) is 15.2 Å². The lowest BCUT2D eigenvalue weighted by atomic mass is 10.2. The van der Waals surface area contributed by atoms with Crippen molar-refractivity contribution in [2.24, 2.45) is 0 Å². The standard InChI is InChI=1S/C12H8Br2ClNOS/c13-7-1-3-9(10(14)5-7)12(17)16-6-8-2-4-11(15)18-8/h1-5H,6H2,(H,16,17).